The minimum atomic E-state index is -0.715. The van der Waals surface area contributed by atoms with Gasteiger partial charge in [-0.05, 0) is 62.6 Å². The lowest BCUT2D eigenvalue weighted by atomic mass is 9.93. The molecule has 4 fully saturated rings. The number of hydrogen-bond donors (Lipinski definition) is 1. The number of H-pyrrole nitrogens is 1. The molecule has 0 unspecified atom stereocenters. The molecule has 3 aromatic heterocycles. The van der Waals surface area contributed by atoms with Gasteiger partial charge in [-0.1, -0.05) is 23.3 Å². The van der Waals surface area contributed by atoms with Gasteiger partial charge in [0.15, 0.2) is 5.82 Å². The van der Waals surface area contributed by atoms with Crippen molar-refractivity contribution in [1.82, 2.24) is 30.0 Å². The van der Waals surface area contributed by atoms with Crippen LogP contribution in [0, 0.1) is 11.8 Å². The fourth-order valence-corrected chi connectivity index (χ4v) is 8.48. The molecule has 0 amide bonds. The maximum Gasteiger partial charge on any atom is 0.319 e. The van der Waals surface area contributed by atoms with Crippen molar-refractivity contribution in [3.63, 3.8) is 0 Å². The molecule has 1 saturated carbocycles. The predicted molar refractivity (Wildman–Crippen MR) is 175 cm³/mol. The molecule has 0 spiro atoms. The molecule has 252 valence electrons. The van der Waals surface area contributed by atoms with Crippen molar-refractivity contribution < 1.29 is 27.7 Å². The number of methoxy groups -OCH3 is 1. The number of pyridine rings is 1. The van der Waals surface area contributed by atoms with Crippen LogP contribution < -0.4 is 14.4 Å². The van der Waals surface area contributed by atoms with Crippen LogP contribution in [-0.4, -0.2) is 101 Å². The second kappa shape index (κ2) is 11.7. The Hall–Kier alpha value is -3.65. The summed E-state index contributed by atoms with van der Waals surface area (Å²) in [4.78, 5) is 19.0. The van der Waals surface area contributed by atoms with E-state index in [1.54, 1.807) is 13.2 Å². The number of nitrogens with zero attached hydrogens (tertiary/aromatic N) is 6. The largest absolute Gasteiger partial charge is 0.475 e. The number of rotatable bonds is 7. The van der Waals surface area contributed by atoms with Crippen LogP contribution in [0.15, 0.2) is 17.7 Å². The van der Waals surface area contributed by atoms with Crippen molar-refractivity contribution in [2.75, 3.05) is 64.7 Å². The van der Waals surface area contributed by atoms with Crippen molar-refractivity contribution in [1.29, 1.82) is 0 Å². The average Bonchev–Trinajstić information content (AvgIpc) is 3.73. The van der Waals surface area contributed by atoms with Gasteiger partial charge in [0, 0.05) is 37.4 Å². The summed E-state index contributed by atoms with van der Waals surface area (Å²) in [5, 5.41) is 7.39. The number of aromatic amines is 1. The summed E-state index contributed by atoms with van der Waals surface area (Å²) in [7, 11) is 1.70. The minimum absolute atomic E-state index is 0.00692. The summed E-state index contributed by atoms with van der Waals surface area (Å²) < 4.78 is 56.6. The Balaban J connectivity index is 1.21. The highest BCUT2D eigenvalue weighted by molar-refractivity contribution is 6.33. The molecule has 1 N–H and O–H groups in total. The number of nitrogens with one attached hydrogen (secondary N) is 1. The van der Waals surface area contributed by atoms with Crippen LogP contribution in [0.1, 0.15) is 50.0 Å². The zero-order valence-electron chi connectivity index (χ0n) is 26.7. The van der Waals surface area contributed by atoms with Gasteiger partial charge in [0.2, 0.25) is 11.8 Å². The van der Waals surface area contributed by atoms with Crippen LogP contribution in [0.2, 0.25) is 5.02 Å². The number of benzene rings is 1. The van der Waals surface area contributed by atoms with E-state index in [4.69, 9.17) is 45.5 Å². The molecule has 2 atom stereocenters. The average molecular weight is 680 g/mol. The van der Waals surface area contributed by atoms with Gasteiger partial charge in [0.25, 0.3) is 0 Å². The zero-order chi connectivity index (χ0) is 32.6. The molecule has 0 bridgehead atoms. The normalized spacial score (nSPS) is 25.0. The first kappa shape index (κ1) is 30.4. The first-order valence-electron chi connectivity index (χ1n) is 16.7. The molecule has 14 heteroatoms. The Bertz CT molecular complexity index is 1970. The van der Waals surface area contributed by atoms with Crippen LogP contribution in [-0.2, 0) is 9.47 Å². The lowest BCUT2D eigenvalue weighted by molar-refractivity contribution is 0.108. The second-order valence-electron chi connectivity index (χ2n) is 13.6. The van der Waals surface area contributed by atoms with Gasteiger partial charge >= 0.3 is 6.01 Å². The Labute approximate surface area is 280 Å². The van der Waals surface area contributed by atoms with E-state index in [1.165, 1.54) is 5.57 Å². The molecular weight excluding hydrogens is 644 g/mol. The number of fused-ring (bicyclic) bond motifs is 4. The van der Waals surface area contributed by atoms with Crippen LogP contribution in [0.4, 0.5) is 14.6 Å². The molecule has 48 heavy (non-hydrogen) atoms. The first-order chi connectivity index (χ1) is 23.4. The number of aromatic nitrogens is 5. The number of ether oxygens (including phenoxy) is 4. The fourth-order valence-electron chi connectivity index (χ4n) is 8.13. The molecule has 4 aliphatic heterocycles. The molecule has 1 aromatic carbocycles. The summed E-state index contributed by atoms with van der Waals surface area (Å²) in [6.45, 7) is 4.69. The van der Waals surface area contributed by atoms with Crippen molar-refractivity contribution >= 4 is 39.2 Å². The summed E-state index contributed by atoms with van der Waals surface area (Å²) in [5.74, 6) is -0.662. The Morgan fingerprint density at radius 2 is 2.04 bits per heavy atom. The van der Waals surface area contributed by atoms with Crippen LogP contribution in [0.25, 0.3) is 33.1 Å². The minimum Gasteiger partial charge on any atom is -0.475 e. The monoisotopic (exact) mass is 679 g/mol. The highest BCUT2D eigenvalue weighted by atomic mass is 35.5. The highest BCUT2D eigenvalue weighted by Gasteiger charge is 2.47. The van der Waals surface area contributed by atoms with E-state index in [0.29, 0.717) is 60.3 Å². The van der Waals surface area contributed by atoms with Crippen molar-refractivity contribution in [2.24, 2.45) is 0 Å². The van der Waals surface area contributed by atoms with Gasteiger partial charge in [0.1, 0.15) is 35.6 Å². The van der Waals surface area contributed by atoms with E-state index >= 15 is 8.78 Å². The third kappa shape index (κ3) is 4.92. The Kier molecular flexibility index (Phi) is 7.44. The van der Waals surface area contributed by atoms with Crippen LogP contribution >= 0.6 is 11.6 Å². The zero-order valence-corrected chi connectivity index (χ0v) is 27.4. The van der Waals surface area contributed by atoms with Crippen molar-refractivity contribution in [3.05, 3.63) is 40.1 Å². The van der Waals surface area contributed by atoms with E-state index < -0.39 is 11.8 Å². The van der Waals surface area contributed by atoms with Gasteiger partial charge in [-0.3, -0.25) is 10.00 Å². The van der Waals surface area contributed by atoms with E-state index in [-0.39, 0.29) is 58.2 Å². The molecule has 1 aliphatic carbocycles. The fraction of sp³-hybridized carbons (Fsp3) is 0.529. The Morgan fingerprint density at radius 1 is 1.15 bits per heavy atom. The number of anilines is 1. The summed E-state index contributed by atoms with van der Waals surface area (Å²) in [5.41, 5.74) is 2.28. The predicted octanol–water partition coefficient (Wildman–Crippen LogP) is 5.55. The maximum atomic E-state index is 17.2. The number of hydrogen-bond acceptors (Lipinski definition) is 10. The maximum absolute atomic E-state index is 17.2. The molecular formula is C34H36ClF2N7O4. The Morgan fingerprint density at radius 3 is 2.90 bits per heavy atom. The van der Waals surface area contributed by atoms with Crippen LogP contribution in [0.5, 0.6) is 11.9 Å². The molecule has 11 nitrogen and oxygen atoms in total. The van der Waals surface area contributed by atoms with Gasteiger partial charge in [-0.25, -0.2) is 9.37 Å². The smallest absolute Gasteiger partial charge is 0.319 e. The van der Waals surface area contributed by atoms with Crippen LogP contribution in [0.3, 0.4) is 0 Å². The molecule has 4 aromatic rings. The summed E-state index contributed by atoms with van der Waals surface area (Å²) in [6, 6.07) is 1.52. The standard InChI is InChI=1S/C34H36ClF2N7O4/c1-45-11-6-18-13-34(7-2-8-43(34)14-18)17-48-33-39-29-26-31(40-33)44-9-3-10-46-15-20(44)16-47-32(26)38-28(27(29)36)25-23(19-4-5-19)21(35)12-22-24(25)30(37)42-41-22/h6,12,19-20H,2-5,7-11,13-17H2,1H3,(H,41,42)/b18-6-/t20-,34-/m0/s1. The van der Waals surface area contributed by atoms with E-state index in [1.807, 2.05) is 0 Å². The van der Waals surface area contributed by atoms with Gasteiger partial charge in [0.05, 0.1) is 35.7 Å². The molecule has 7 heterocycles. The third-order valence-corrected chi connectivity index (χ3v) is 10.9. The lowest BCUT2D eigenvalue weighted by Gasteiger charge is -2.31. The third-order valence-electron chi connectivity index (χ3n) is 10.5. The SMILES string of the molecule is COC/C=C1\CN2CCC[C@@]2(COc2nc3c4c(nc(-c5c(C6CC6)c(Cl)cc6n[nH]c(F)c56)c(F)c4n2)OC[C@@H]2COCCCN32)C1. The topological polar surface area (TPSA) is 111 Å². The molecule has 0 radical (unpaired) electrons. The van der Waals surface area contributed by atoms with Gasteiger partial charge < -0.3 is 23.8 Å². The first-order valence-corrected chi connectivity index (χ1v) is 17.1. The lowest BCUT2D eigenvalue weighted by Crippen LogP contribution is -2.43. The van der Waals surface area contributed by atoms with E-state index in [2.05, 4.69) is 26.1 Å². The van der Waals surface area contributed by atoms with Gasteiger partial charge in [-0.15, -0.1) is 0 Å². The van der Waals surface area contributed by atoms with Crippen molar-refractivity contribution in [3.8, 4) is 23.1 Å². The summed E-state index contributed by atoms with van der Waals surface area (Å²) >= 11 is 6.78. The quantitative estimate of drug-likeness (QED) is 0.250. The second-order valence-corrected chi connectivity index (χ2v) is 14.0. The molecule has 3 saturated heterocycles. The highest BCUT2D eigenvalue weighted by Crippen LogP contribution is 2.52. The van der Waals surface area contributed by atoms with Crippen molar-refractivity contribution in [2.45, 2.75) is 56.0 Å². The molecule has 5 aliphatic rings. The van der Waals surface area contributed by atoms with Gasteiger partial charge in [-0.2, -0.15) is 19.5 Å². The molecule has 9 rings (SSSR count). The summed E-state index contributed by atoms with van der Waals surface area (Å²) in [6.07, 6.45) is 7.56. The van der Waals surface area contributed by atoms with E-state index in [9.17, 15) is 0 Å². The number of halogens is 3. The van der Waals surface area contributed by atoms with E-state index in [0.717, 1.165) is 51.6 Å².